The van der Waals surface area contributed by atoms with Crippen LogP contribution < -0.4 is 5.48 Å². The van der Waals surface area contributed by atoms with Crippen LogP contribution in [0, 0.1) is 11.1 Å². The third kappa shape index (κ3) is 2.62. The van der Waals surface area contributed by atoms with Crippen LogP contribution in [0.15, 0.2) is 54.1 Å². The Morgan fingerprint density at radius 2 is 1.70 bits per heavy atom. The van der Waals surface area contributed by atoms with Crippen molar-refractivity contribution < 1.29 is 9.68 Å². The van der Waals surface area contributed by atoms with Crippen LogP contribution in [0.4, 0.5) is 0 Å². The fourth-order valence-electron chi connectivity index (χ4n) is 4.43. The highest BCUT2D eigenvalue weighted by molar-refractivity contribution is 6.30. The molecule has 2 aromatic carbocycles. The smallest absolute Gasteiger partial charge is 0.192 e. The van der Waals surface area contributed by atoms with Crippen molar-refractivity contribution in [1.82, 2.24) is 10.7 Å². The van der Waals surface area contributed by atoms with Crippen molar-refractivity contribution in [2.45, 2.75) is 31.0 Å². The van der Waals surface area contributed by atoms with E-state index in [1.807, 2.05) is 36.4 Å². The van der Waals surface area contributed by atoms with Gasteiger partial charge in [-0.2, -0.15) is 10.7 Å². The van der Waals surface area contributed by atoms with Crippen LogP contribution in [-0.2, 0) is 9.68 Å². The molecule has 1 spiro atoms. The second-order valence-electron chi connectivity index (χ2n) is 7.11. The monoisotopic (exact) mass is 403 g/mol. The maximum Gasteiger partial charge on any atom is 0.192 e. The molecular weight excluding hydrogens is 387 g/mol. The van der Waals surface area contributed by atoms with Gasteiger partial charge in [0.25, 0.3) is 0 Å². The van der Waals surface area contributed by atoms with Crippen LogP contribution in [0.3, 0.4) is 0 Å². The zero-order valence-electron chi connectivity index (χ0n) is 14.3. The molecule has 2 fully saturated rings. The SMILES string of the molecule is [O-]N1OC(c2ccc(Cl)cc2)=C2CCCC3C(c4ccc(Cl)cc4)NOC231. The molecule has 2 heterocycles. The third-order valence-electron chi connectivity index (χ3n) is 5.68. The zero-order chi connectivity index (χ0) is 18.6. The molecule has 0 aromatic heterocycles. The average Bonchev–Trinajstić information content (AvgIpc) is 3.21. The minimum Gasteiger partial charge on any atom is -0.750 e. The summed E-state index contributed by atoms with van der Waals surface area (Å²) >= 11 is 12.0. The Hall–Kier alpha value is -1.60. The van der Waals surface area contributed by atoms with Gasteiger partial charge in [-0.3, -0.25) is 4.84 Å². The second-order valence-corrected chi connectivity index (χ2v) is 7.98. The molecule has 1 aliphatic carbocycles. The predicted molar refractivity (Wildman–Crippen MR) is 103 cm³/mol. The van der Waals surface area contributed by atoms with Crippen LogP contribution in [0.5, 0.6) is 0 Å². The number of hydrogen-bond acceptors (Lipinski definition) is 5. The van der Waals surface area contributed by atoms with E-state index in [9.17, 15) is 5.21 Å². The van der Waals surface area contributed by atoms with Gasteiger partial charge in [-0.25, -0.2) is 0 Å². The van der Waals surface area contributed by atoms with E-state index in [2.05, 4.69) is 5.48 Å². The van der Waals surface area contributed by atoms with E-state index in [4.69, 9.17) is 32.9 Å². The van der Waals surface area contributed by atoms with E-state index in [-0.39, 0.29) is 12.0 Å². The first-order chi connectivity index (χ1) is 13.1. The van der Waals surface area contributed by atoms with E-state index in [0.717, 1.165) is 36.0 Å². The van der Waals surface area contributed by atoms with Gasteiger partial charge in [0.15, 0.2) is 11.5 Å². The number of halogens is 2. The van der Waals surface area contributed by atoms with Gasteiger partial charge in [-0.05, 0) is 61.2 Å². The minimum absolute atomic E-state index is 0.0651. The Morgan fingerprint density at radius 1 is 1.04 bits per heavy atom. The number of hydrogen-bond donors (Lipinski definition) is 1. The van der Waals surface area contributed by atoms with Gasteiger partial charge < -0.3 is 10.0 Å². The molecule has 5 rings (SSSR count). The zero-order valence-corrected chi connectivity index (χ0v) is 15.8. The van der Waals surface area contributed by atoms with Crippen LogP contribution in [0.2, 0.25) is 10.0 Å². The van der Waals surface area contributed by atoms with E-state index in [0.29, 0.717) is 21.0 Å². The highest BCUT2D eigenvalue weighted by Gasteiger charge is 2.60. The lowest BCUT2D eigenvalue weighted by molar-refractivity contribution is -0.227. The lowest BCUT2D eigenvalue weighted by Crippen LogP contribution is -2.50. The van der Waals surface area contributed by atoms with Crippen molar-refractivity contribution in [3.63, 3.8) is 0 Å². The summed E-state index contributed by atoms with van der Waals surface area (Å²) in [6.07, 6.45) is 2.58. The van der Waals surface area contributed by atoms with Gasteiger partial charge >= 0.3 is 0 Å². The Balaban J connectivity index is 1.57. The summed E-state index contributed by atoms with van der Waals surface area (Å²) in [6, 6.07) is 14.8. The Morgan fingerprint density at radius 3 is 2.41 bits per heavy atom. The lowest BCUT2D eigenvalue weighted by Gasteiger charge is -2.43. The molecule has 1 N–H and O–H groups in total. The van der Waals surface area contributed by atoms with Gasteiger partial charge in [0.1, 0.15) is 0 Å². The topological polar surface area (TPSA) is 56.8 Å². The van der Waals surface area contributed by atoms with Crippen molar-refractivity contribution in [3.8, 4) is 0 Å². The van der Waals surface area contributed by atoms with E-state index in [1.54, 1.807) is 12.1 Å². The van der Waals surface area contributed by atoms with Crippen molar-refractivity contribution in [1.29, 1.82) is 0 Å². The Kier molecular flexibility index (Phi) is 4.20. The highest BCUT2D eigenvalue weighted by Crippen LogP contribution is 2.57. The summed E-state index contributed by atoms with van der Waals surface area (Å²) in [7, 11) is 0. The molecule has 27 heavy (non-hydrogen) atoms. The molecular formula is C20H17Cl2N2O3-. The maximum absolute atomic E-state index is 12.9. The Bertz CT molecular complexity index is 900. The van der Waals surface area contributed by atoms with E-state index >= 15 is 0 Å². The van der Waals surface area contributed by atoms with Crippen molar-refractivity contribution in [3.05, 3.63) is 80.5 Å². The molecule has 0 amide bonds. The highest BCUT2D eigenvalue weighted by atomic mass is 35.5. The third-order valence-corrected chi connectivity index (χ3v) is 6.18. The van der Waals surface area contributed by atoms with Gasteiger partial charge in [-0.15, -0.1) is 0 Å². The molecule has 3 unspecified atom stereocenters. The van der Waals surface area contributed by atoms with E-state index in [1.165, 1.54) is 0 Å². The number of benzene rings is 2. The van der Waals surface area contributed by atoms with Crippen LogP contribution in [0.1, 0.15) is 36.4 Å². The molecule has 3 atom stereocenters. The van der Waals surface area contributed by atoms with Gasteiger partial charge in [0.05, 0.1) is 6.04 Å². The molecule has 2 aliphatic heterocycles. The van der Waals surface area contributed by atoms with Crippen LogP contribution in [-0.4, -0.2) is 11.0 Å². The molecule has 1 saturated heterocycles. The first kappa shape index (κ1) is 17.5. The van der Waals surface area contributed by atoms with Crippen molar-refractivity contribution in [2.75, 3.05) is 0 Å². The van der Waals surface area contributed by atoms with Gasteiger partial charge in [0, 0.05) is 27.1 Å². The maximum atomic E-state index is 12.9. The normalized spacial score (nSPS) is 30.2. The second kappa shape index (κ2) is 6.48. The summed E-state index contributed by atoms with van der Waals surface area (Å²) in [5.74, 6) is 0.509. The summed E-state index contributed by atoms with van der Waals surface area (Å²) < 4.78 is 0. The molecule has 0 radical (unpaired) electrons. The van der Waals surface area contributed by atoms with Crippen molar-refractivity contribution >= 4 is 29.0 Å². The Labute approximate surface area is 167 Å². The largest absolute Gasteiger partial charge is 0.750 e. The standard InChI is InChI=1S/C20H17Cl2N2O3/c21-14-8-4-12(5-9-14)18-16-2-1-3-17-19(13-6-10-15(22)11-7-13)26-24(25)20(16,17)27-23-18/h4-11,16,18,23H,1-3H2/q-1. The molecule has 2 aromatic rings. The minimum atomic E-state index is -1.14. The number of rotatable bonds is 2. The number of hydroxylamine groups is 3. The summed E-state index contributed by atoms with van der Waals surface area (Å²) in [5.41, 5.74) is 4.70. The first-order valence-electron chi connectivity index (χ1n) is 8.93. The average molecular weight is 404 g/mol. The van der Waals surface area contributed by atoms with Gasteiger partial charge in [-0.1, -0.05) is 35.3 Å². The van der Waals surface area contributed by atoms with Crippen LogP contribution >= 0.6 is 23.2 Å². The summed E-state index contributed by atoms with van der Waals surface area (Å²) in [5, 5.41) is 14.9. The molecule has 3 aliphatic rings. The van der Waals surface area contributed by atoms with Gasteiger partial charge in [0.2, 0.25) is 0 Å². The molecule has 140 valence electrons. The summed E-state index contributed by atoms with van der Waals surface area (Å²) in [4.78, 5) is 11.6. The predicted octanol–water partition coefficient (Wildman–Crippen LogP) is 5.22. The molecule has 7 heteroatoms. The van der Waals surface area contributed by atoms with Crippen molar-refractivity contribution in [2.24, 2.45) is 5.92 Å². The first-order valence-corrected chi connectivity index (χ1v) is 9.69. The number of nitrogens with one attached hydrogen (secondary N) is 1. The van der Waals surface area contributed by atoms with E-state index < -0.39 is 5.72 Å². The number of nitrogens with zero attached hydrogens (tertiary/aromatic N) is 1. The van der Waals surface area contributed by atoms with Crippen LogP contribution in [0.25, 0.3) is 5.76 Å². The molecule has 0 bridgehead atoms. The lowest BCUT2D eigenvalue weighted by atomic mass is 9.73. The molecule has 5 nitrogen and oxygen atoms in total. The molecule has 1 saturated carbocycles. The summed E-state index contributed by atoms with van der Waals surface area (Å²) in [6.45, 7) is 0. The fraction of sp³-hybridized carbons (Fsp3) is 0.300. The fourth-order valence-corrected chi connectivity index (χ4v) is 4.68. The quantitative estimate of drug-likeness (QED) is 0.744.